The van der Waals surface area contributed by atoms with Crippen LogP contribution < -0.4 is 10.1 Å². The Morgan fingerprint density at radius 3 is 3.00 bits per heavy atom. The van der Waals surface area contributed by atoms with Gasteiger partial charge in [-0.25, -0.2) is 0 Å². The Balaban J connectivity index is 2.44. The minimum Gasteiger partial charge on any atom is -0.495 e. The van der Waals surface area contributed by atoms with Gasteiger partial charge in [-0.2, -0.15) is 0 Å². The van der Waals surface area contributed by atoms with Crippen molar-refractivity contribution in [2.45, 2.75) is 6.42 Å². The van der Waals surface area contributed by atoms with Crippen molar-refractivity contribution < 1.29 is 9.53 Å². The zero-order chi connectivity index (χ0) is 12.0. The fourth-order valence-electron chi connectivity index (χ4n) is 2.62. The van der Waals surface area contributed by atoms with Gasteiger partial charge in [0.1, 0.15) is 5.75 Å². The topological polar surface area (TPSA) is 43.3 Å². The van der Waals surface area contributed by atoms with E-state index in [1.165, 1.54) is 0 Å². The maximum atomic E-state index is 11.9. The molecule has 0 radical (unpaired) electrons. The van der Waals surface area contributed by atoms with Gasteiger partial charge in [-0.05, 0) is 6.07 Å². The van der Waals surface area contributed by atoms with Crippen LogP contribution in [0.2, 0.25) is 0 Å². The minimum atomic E-state index is 0.0186. The molecule has 4 nitrogen and oxygen atoms in total. The van der Waals surface area contributed by atoms with Crippen molar-refractivity contribution >= 4 is 16.8 Å². The van der Waals surface area contributed by atoms with Gasteiger partial charge in [-0.1, -0.05) is 12.1 Å². The summed E-state index contributed by atoms with van der Waals surface area (Å²) in [5.41, 5.74) is 2.89. The number of methoxy groups -OCH3 is 1. The number of para-hydroxylation sites is 1. The molecule has 0 spiro atoms. The molecule has 1 aromatic carbocycles. The zero-order valence-electron chi connectivity index (χ0n) is 9.91. The second-order valence-corrected chi connectivity index (χ2v) is 4.24. The number of amides is 1. The zero-order valence-corrected chi connectivity index (χ0v) is 9.91. The van der Waals surface area contributed by atoms with Crippen LogP contribution in [0.15, 0.2) is 18.2 Å². The van der Waals surface area contributed by atoms with Crippen LogP contribution in [0.25, 0.3) is 10.9 Å². The molecule has 0 bridgehead atoms. The molecule has 1 amide bonds. The van der Waals surface area contributed by atoms with E-state index in [-0.39, 0.29) is 5.91 Å². The minimum absolute atomic E-state index is 0.0186. The van der Waals surface area contributed by atoms with Gasteiger partial charge in [-0.15, -0.1) is 0 Å². The maximum absolute atomic E-state index is 11.9. The van der Waals surface area contributed by atoms with Crippen LogP contribution in [0.5, 0.6) is 5.75 Å². The van der Waals surface area contributed by atoms with Crippen molar-refractivity contribution in [3.63, 3.8) is 0 Å². The molecule has 88 valence electrons. The van der Waals surface area contributed by atoms with Gasteiger partial charge in [0.15, 0.2) is 0 Å². The third-order valence-electron chi connectivity index (χ3n) is 3.39. The first kappa shape index (κ1) is 10.2. The summed E-state index contributed by atoms with van der Waals surface area (Å²) in [7, 11) is 3.64. The average molecular weight is 230 g/mol. The van der Waals surface area contributed by atoms with Crippen molar-refractivity contribution in [2.24, 2.45) is 7.05 Å². The Hall–Kier alpha value is -1.97. The van der Waals surface area contributed by atoms with Crippen LogP contribution >= 0.6 is 0 Å². The van der Waals surface area contributed by atoms with E-state index < -0.39 is 0 Å². The highest BCUT2D eigenvalue weighted by atomic mass is 16.5. The number of fused-ring (bicyclic) bond motifs is 3. The number of hydrogen-bond donors (Lipinski definition) is 1. The molecule has 1 aromatic heterocycles. The molecule has 0 atom stereocenters. The lowest BCUT2D eigenvalue weighted by Crippen LogP contribution is -2.32. The first-order valence-electron chi connectivity index (χ1n) is 5.66. The normalized spacial score (nSPS) is 14.6. The molecule has 1 aliphatic rings. The summed E-state index contributed by atoms with van der Waals surface area (Å²) in [6.45, 7) is 0.707. The predicted molar refractivity (Wildman–Crippen MR) is 65.5 cm³/mol. The van der Waals surface area contributed by atoms with Gasteiger partial charge < -0.3 is 14.6 Å². The van der Waals surface area contributed by atoms with Crippen LogP contribution in [0.3, 0.4) is 0 Å². The van der Waals surface area contributed by atoms with Crippen LogP contribution in [0.1, 0.15) is 16.1 Å². The van der Waals surface area contributed by atoms with Gasteiger partial charge in [0.2, 0.25) is 0 Å². The summed E-state index contributed by atoms with van der Waals surface area (Å²) < 4.78 is 7.44. The Morgan fingerprint density at radius 1 is 1.41 bits per heavy atom. The number of ether oxygens (including phenoxy) is 1. The number of hydrogen-bond acceptors (Lipinski definition) is 2. The van der Waals surface area contributed by atoms with Crippen molar-refractivity contribution in [1.29, 1.82) is 0 Å². The van der Waals surface area contributed by atoms with Gasteiger partial charge >= 0.3 is 0 Å². The molecular formula is C13H14N2O2. The second kappa shape index (κ2) is 3.52. The van der Waals surface area contributed by atoms with Crippen LogP contribution in [-0.4, -0.2) is 24.1 Å². The Kier molecular flexibility index (Phi) is 2.11. The van der Waals surface area contributed by atoms with E-state index >= 15 is 0 Å². The van der Waals surface area contributed by atoms with Crippen molar-refractivity contribution in [3.8, 4) is 5.75 Å². The average Bonchev–Trinajstić information content (AvgIpc) is 2.65. The lowest BCUT2D eigenvalue weighted by Gasteiger charge is -2.14. The van der Waals surface area contributed by atoms with Gasteiger partial charge in [0.05, 0.1) is 18.2 Å². The van der Waals surface area contributed by atoms with E-state index in [0.717, 1.165) is 34.3 Å². The van der Waals surface area contributed by atoms with Crippen LogP contribution in [-0.2, 0) is 13.5 Å². The quantitative estimate of drug-likeness (QED) is 0.806. The summed E-state index contributed by atoms with van der Waals surface area (Å²) in [5.74, 6) is 0.831. The van der Waals surface area contributed by atoms with Gasteiger partial charge in [0, 0.05) is 31.1 Å². The van der Waals surface area contributed by atoms with Crippen molar-refractivity contribution in [3.05, 3.63) is 29.5 Å². The van der Waals surface area contributed by atoms with Gasteiger partial charge in [-0.3, -0.25) is 4.79 Å². The molecule has 0 saturated heterocycles. The SMILES string of the molecule is COc1cccc2c3c(n(C)c12)CCNC3=O. The fourth-order valence-corrected chi connectivity index (χ4v) is 2.62. The molecule has 0 unspecified atom stereocenters. The molecule has 1 N–H and O–H groups in total. The van der Waals surface area contributed by atoms with E-state index in [1.54, 1.807) is 7.11 Å². The third kappa shape index (κ3) is 1.27. The molecule has 1 aliphatic heterocycles. The number of benzene rings is 1. The first-order chi connectivity index (χ1) is 8.24. The van der Waals surface area contributed by atoms with Crippen LogP contribution in [0.4, 0.5) is 0 Å². The molecule has 0 saturated carbocycles. The lowest BCUT2D eigenvalue weighted by molar-refractivity contribution is 0.0947. The van der Waals surface area contributed by atoms with E-state index in [4.69, 9.17) is 4.74 Å². The maximum Gasteiger partial charge on any atom is 0.253 e. The highest BCUT2D eigenvalue weighted by molar-refractivity contribution is 6.10. The number of nitrogens with one attached hydrogen (secondary N) is 1. The van der Waals surface area contributed by atoms with E-state index in [1.807, 2.05) is 25.2 Å². The highest BCUT2D eigenvalue weighted by Gasteiger charge is 2.25. The van der Waals surface area contributed by atoms with Gasteiger partial charge in [0.25, 0.3) is 5.91 Å². The second-order valence-electron chi connectivity index (χ2n) is 4.24. The summed E-state index contributed by atoms with van der Waals surface area (Å²) in [5, 5.41) is 3.86. The van der Waals surface area contributed by atoms with E-state index in [0.29, 0.717) is 6.54 Å². The smallest absolute Gasteiger partial charge is 0.253 e. The molecule has 2 heterocycles. The van der Waals surface area contributed by atoms with E-state index in [2.05, 4.69) is 9.88 Å². The number of carbonyl (C=O) groups excluding carboxylic acids is 1. The Morgan fingerprint density at radius 2 is 2.24 bits per heavy atom. The fraction of sp³-hybridized carbons (Fsp3) is 0.308. The lowest BCUT2D eigenvalue weighted by atomic mass is 10.1. The summed E-state index contributed by atoms with van der Waals surface area (Å²) >= 11 is 0. The number of rotatable bonds is 1. The summed E-state index contributed by atoms with van der Waals surface area (Å²) in [6, 6.07) is 5.82. The number of nitrogens with zero attached hydrogens (tertiary/aromatic N) is 1. The molecule has 3 rings (SSSR count). The highest BCUT2D eigenvalue weighted by Crippen LogP contribution is 2.33. The first-order valence-corrected chi connectivity index (χ1v) is 5.66. The Labute approximate surface area is 99.2 Å². The summed E-state index contributed by atoms with van der Waals surface area (Å²) in [4.78, 5) is 11.9. The molecule has 0 fully saturated rings. The molecule has 0 aliphatic carbocycles. The largest absolute Gasteiger partial charge is 0.495 e. The monoisotopic (exact) mass is 230 g/mol. The number of aryl methyl sites for hydroxylation is 1. The third-order valence-corrected chi connectivity index (χ3v) is 3.39. The predicted octanol–water partition coefficient (Wildman–Crippen LogP) is 1.47. The molecule has 4 heteroatoms. The Bertz CT molecular complexity index is 613. The molecular weight excluding hydrogens is 216 g/mol. The number of carbonyl (C=O) groups is 1. The van der Waals surface area contributed by atoms with Crippen LogP contribution in [0, 0.1) is 0 Å². The van der Waals surface area contributed by atoms with Crippen molar-refractivity contribution in [1.82, 2.24) is 9.88 Å². The number of aromatic nitrogens is 1. The van der Waals surface area contributed by atoms with E-state index in [9.17, 15) is 4.79 Å². The van der Waals surface area contributed by atoms with Crippen molar-refractivity contribution in [2.75, 3.05) is 13.7 Å². The summed E-state index contributed by atoms with van der Waals surface area (Å²) in [6.07, 6.45) is 0.870. The standard InChI is InChI=1S/C13H14N2O2/c1-15-9-6-7-14-13(16)11(9)8-4-3-5-10(17-2)12(8)15/h3-5H,6-7H2,1-2H3,(H,14,16). The molecule has 2 aromatic rings. The molecule has 17 heavy (non-hydrogen) atoms.